The Hall–Kier alpha value is -2.73. The highest BCUT2D eigenvalue weighted by Crippen LogP contribution is 2.28. The van der Waals surface area contributed by atoms with Gasteiger partial charge in [0, 0.05) is 36.8 Å². The Bertz CT molecular complexity index is 801. The van der Waals surface area contributed by atoms with E-state index in [1.54, 1.807) is 39.5 Å². The van der Waals surface area contributed by atoms with Crippen LogP contribution in [0.25, 0.3) is 0 Å². The second-order valence-electron chi connectivity index (χ2n) is 6.91. The Labute approximate surface area is 166 Å². The summed E-state index contributed by atoms with van der Waals surface area (Å²) in [5, 5.41) is 3.14. The SMILES string of the molecule is COc1ccccc1CN1CCC(NC(=O)c2ccc(OC)c(OC)c2)CC1. The van der Waals surface area contributed by atoms with Gasteiger partial charge in [-0.3, -0.25) is 9.69 Å². The van der Waals surface area contributed by atoms with E-state index in [0.29, 0.717) is 17.1 Å². The third-order valence-corrected chi connectivity index (χ3v) is 5.15. The first-order valence-corrected chi connectivity index (χ1v) is 9.51. The molecule has 150 valence electrons. The van der Waals surface area contributed by atoms with Gasteiger partial charge < -0.3 is 19.5 Å². The highest BCUT2D eigenvalue weighted by atomic mass is 16.5. The molecule has 1 N–H and O–H groups in total. The number of nitrogens with zero attached hydrogens (tertiary/aromatic N) is 1. The summed E-state index contributed by atoms with van der Waals surface area (Å²) in [5.74, 6) is 2.01. The van der Waals surface area contributed by atoms with E-state index in [1.165, 1.54) is 5.56 Å². The van der Waals surface area contributed by atoms with Gasteiger partial charge in [0.2, 0.25) is 0 Å². The predicted octanol–water partition coefficient (Wildman–Crippen LogP) is 3.11. The van der Waals surface area contributed by atoms with Gasteiger partial charge in [-0.1, -0.05) is 18.2 Å². The van der Waals surface area contributed by atoms with Crippen LogP contribution in [0.15, 0.2) is 42.5 Å². The fourth-order valence-electron chi connectivity index (χ4n) is 3.56. The third kappa shape index (κ3) is 4.75. The second-order valence-corrected chi connectivity index (χ2v) is 6.91. The molecular formula is C22H28N2O4. The molecule has 0 unspecified atom stereocenters. The van der Waals surface area contributed by atoms with Crippen molar-refractivity contribution in [3.8, 4) is 17.2 Å². The molecule has 0 radical (unpaired) electrons. The van der Waals surface area contributed by atoms with Gasteiger partial charge in [0.15, 0.2) is 11.5 Å². The molecule has 1 aliphatic heterocycles. The Kier molecular flexibility index (Phi) is 6.76. The standard InChI is InChI=1S/C22H28N2O4/c1-26-19-7-5-4-6-17(19)15-24-12-10-18(11-13-24)23-22(25)16-8-9-20(27-2)21(14-16)28-3/h4-9,14,18H,10-13,15H2,1-3H3,(H,23,25). The molecule has 2 aromatic rings. The molecule has 1 aliphatic rings. The lowest BCUT2D eigenvalue weighted by atomic mass is 10.0. The molecule has 3 rings (SSSR count). The van der Waals surface area contributed by atoms with Crippen molar-refractivity contribution in [3.05, 3.63) is 53.6 Å². The van der Waals surface area contributed by atoms with Crippen LogP contribution in [-0.2, 0) is 6.54 Å². The number of hydrogen-bond donors (Lipinski definition) is 1. The third-order valence-electron chi connectivity index (χ3n) is 5.15. The fraction of sp³-hybridized carbons (Fsp3) is 0.409. The van der Waals surface area contributed by atoms with Crippen LogP contribution in [0, 0.1) is 0 Å². The number of methoxy groups -OCH3 is 3. The summed E-state index contributed by atoms with van der Waals surface area (Å²) in [7, 11) is 4.85. The van der Waals surface area contributed by atoms with E-state index < -0.39 is 0 Å². The average molecular weight is 384 g/mol. The van der Waals surface area contributed by atoms with Gasteiger partial charge in [-0.05, 0) is 37.1 Å². The van der Waals surface area contributed by atoms with Crippen molar-refractivity contribution in [2.75, 3.05) is 34.4 Å². The molecule has 0 bridgehead atoms. The van der Waals surface area contributed by atoms with Crippen LogP contribution >= 0.6 is 0 Å². The number of piperidine rings is 1. The topological polar surface area (TPSA) is 60.0 Å². The quantitative estimate of drug-likeness (QED) is 0.795. The van der Waals surface area contributed by atoms with E-state index in [9.17, 15) is 4.79 Å². The minimum absolute atomic E-state index is 0.0795. The molecule has 2 aromatic carbocycles. The minimum atomic E-state index is -0.0795. The molecule has 1 amide bonds. The predicted molar refractivity (Wildman–Crippen MR) is 108 cm³/mol. The molecule has 0 aliphatic carbocycles. The average Bonchev–Trinajstić information content (AvgIpc) is 2.74. The minimum Gasteiger partial charge on any atom is -0.496 e. The van der Waals surface area contributed by atoms with Crippen molar-refractivity contribution in [1.82, 2.24) is 10.2 Å². The van der Waals surface area contributed by atoms with Crippen LogP contribution in [0.5, 0.6) is 17.2 Å². The molecule has 6 nitrogen and oxygen atoms in total. The van der Waals surface area contributed by atoms with Crippen molar-refractivity contribution < 1.29 is 19.0 Å². The fourth-order valence-corrected chi connectivity index (χ4v) is 3.56. The zero-order chi connectivity index (χ0) is 19.9. The lowest BCUT2D eigenvalue weighted by Gasteiger charge is -2.32. The van der Waals surface area contributed by atoms with Gasteiger partial charge >= 0.3 is 0 Å². The Morgan fingerprint density at radius 2 is 1.64 bits per heavy atom. The number of para-hydroxylation sites is 1. The van der Waals surface area contributed by atoms with Crippen LogP contribution in [0.4, 0.5) is 0 Å². The lowest BCUT2D eigenvalue weighted by Crippen LogP contribution is -2.44. The first kappa shape index (κ1) is 20.0. The van der Waals surface area contributed by atoms with Crippen LogP contribution in [0.2, 0.25) is 0 Å². The van der Waals surface area contributed by atoms with Crippen LogP contribution in [-0.4, -0.2) is 51.3 Å². The van der Waals surface area contributed by atoms with E-state index in [4.69, 9.17) is 14.2 Å². The Morgan fingerprint density at radius 1 is 0.964 bits per heavy atom. The van der Waals surface area contributed by atoms with Crippen LogP contribution < -0.4 is 19.5 Å². The summed E-state index contributed by atoms with van der Waals surface area (Å²) in [6.07, 6.45) is 1.85. The van der Waals surface area contributed by atoms with E-state index in [-0.39, 0.29) is 11.9 Å². The number of amides is 1. The zero-order valence-electron chi connectivity index (χ0n) is 16.7. The van der Waals surface area contributed by atoms with Crippen molar-refractivity contribution in [3.63, 3.8) is 0 Å². The maximum atomic E-state index is 12.6. The Morgan fingerprint density at radius 3 is 2.32 bits per heavy atom. The van der Waals surface area contributed by atoms with Gasteiger partial charge in [0.1, 0.15) is 5.75 Å². The van der Waals surface area contributed by atoms with Crippen molar-refractivity contribution in [1.29, 1.82) is 0 Å². The lowest BCUT2D eigenvalue weighted by molar-refractivity contribution is 0.0908. The number of carbonyl (C=O) groups excluding carboxylic acids is 1. The van der Waals surface area contributed by atoms with Gasteiger partial charge in [0.05, 0.1) is 21.3 Å². The number of nitrogens with one attached hydrogen (secondary N) is 1. The van der Waals surface area contributed by atoms with Crippen molar-refractivity contribution >= 4 is 5.91 Å². The highest BCUT2D eigenvalue weighted by Gasteiger charge is 2.22. The van der Waals surface area contributed by atoms with E-state index >= 15 is 0 Å². The molecule has 0 saturated carbocycles. The van der Waals surface area contributed by atoms with E-state index in [2.05, 4.69) is 16.3 Å². The van der Waals surface area contributed by atoms with Gasteiger partial charge in [-0.15, -0.1) is 0 Å². The second kappa shape index (κ2) is 9.46. The van der Waals surface area contributed by atoms with Crippen molar-refractivity contribution in [2.45, 2.75) is 25.4 Å². The highest BCUT2D eigenvalue weighted by molar-refractivity contribution is 5.95. The monoisotopic (exact) mass is 384 g/mol. The molecule has 0 atom stereocenters. The zero-order valence-corrected chi connectivity index (χ0v) is 16.7. The summed E-state index contributed by atoms with van der Waals surface area (Å²) in [5.41, 5.74) is 1.77. The number of rotatable bonds is 7. The van der Waals surface area contributed by atoms with Crippen LogP contribution in [0.1, 0.15) is 28.8 Å². The van der Waals surface area contributed by atoms with Gasteiger partial charge in [-0.2, -0.15) is 0 Å². The Balaban J connectivity index is 1.53. The van der Waals surface area contributed by atoms with Crippen LogP contribution in [0.3, 0.4) is 0 Å². The number of hydrogen-bond acceptors (Lipinski definition) is 5. The van der Waals surface area contributed by atoms with Gasteiger partial charge in [-0.25, -0.2) is 0 Å². The molecule has 1 heterocycles. The molecule has 6 heteroatoms. The summed E-state index contributed by atoms with van der Waals surface area (Å²) in [6, 6.07) is 13.5. The van der Waals surface area contributed by atoms with Gasteiger partial charge in [0.25, 0.3) is 5.91 Å². The normalized spacial score (nSPS) is 15.1. The summed E-state index contributed by atoms with van der Waals surface area (Å²) >= 11 is 0. The molecule has 1 fully saturated rings. The number of ether oxygens (including phenoxy) is 3. The molecule has 28 heavy (non-hydrogen) atoms. The summed E-state index contributed by atoms with van der Waals surface area (Å²) < 4.78 is 16.0. The van der Waals surface area contributed by atoms with Crippen molar-refractivity contribution in [2.24, 2.45) is 0 Å². The first-order chi connectivity index (χ1) is 13.6. The smallest absolute Gasteiger partial charge is 0.251 e. The molecule has 1 saturated heterocycles. The molecular weight excluding hydrogens is 356 g/mol. The maximum absolute atomic E-state index is 12.6. The van der Waals surface area contributed by atoms with E-state index in [0.717, 1.165) is 38.2 Å². The van der Waals surface area contributed by atoms with E-state index in [1.807, 2.05) is 18.2 Å². The molecule has 0 aromatic heterocycles. The molecule has 0 spiro atoms. The summed E-state index contributed by atoms with van der Waals surface area (Å²) in [6.45, 7) is 2.74. The number of likely N-dealkylation sites (tertiary alicyclic amines) is 1. The maximum Gasteiger partial charge on any atom is 0.251 e. The first-order valence-electron chi connectivity index (χ1n) is 9.51. The summed E-state index contributed by atoms with van der Waals surface area (Å²) in [4.78, 5) is 15.0. The number of benzene rings is 2. The number of carbonyl (C=O) groups is 1. The largest absolute Gasteiger partial charge is 0.496 e.